The van der Waals surface area contributed by atoms with Gasteiger partial charge in [-0.3, -0.25) is 0 Å². The Bertz CT molecular complexity index is 738. The maximum Gasteiger partial charge on any atom is 0.0521 e. The van der Waals surface area contributed by atoms with E-state index in [2.05, 4.69) is 71.7 Å². The van der Waals surface area contributed by atoms with E-state index in [9.17, 15) is 0 Å². The van der Waals surface area contributed by atoms with Crippen LogP contribution in [0.1, 0.15) is 11.1 Å². The Morgan fingerprint density at radius 2 is 1.71 bits per heavy atom. The zero-order chi connectivity index (χ0) is 12.2. The molecule has 0 atom stereocenters. The lowest BCUT2D eigenvalue weighted by Crippen LogP contribution is -1.89. The van der Waals surface area contributed by atoms with Crippen LogP contribution in [0.4, 0.5) is 0 Å². The van der Waals surface area contributed by atoms with Crippen LogP contribution in [0, 0.1) is 13.8 Å². The highest BCUT2D eigenvalue weighted by Crippen LogP contribution is 2.33. The van der Waals surface area contributed by atoms with Gasteiger partial charge in [-0.05, 0) is 43.2 Å². The predicted molar refractivity (Wildman–Crippen MR) is 77.6 cm³/mol. The largest absolute Gasteiger partial charge is 0.343 e. The number of hydrogen-bond acceptors (Lipinski definition) is 0. The van der Waals surface area contributed by atoms with Crippen molar-refractivity contribution in [1.82, 2.24) is 4.57 Å². The standard InChI is InChI=1S/C15H14BrN/c1-9-4-5-10(2)15-14(9)12-8-11(16)6-7-13(12)17(15)3/h4-8H,1-3H3. The van der Waals surface area contributed by atoms with Gasteiger partial charge < -0.3 is 4.57 Å². The topological polar surface area (TPSA) is 4.93 Å². The van der Waals surface area contributed by atoms with E-state index in [0.717, 1.165) is 4.47 Å². The summed E-state index contributed by atoms with van der Waals surface area (Å²) in [4.78, 5) is 0. The molecule has 0 aliphatic rings. The van der Waals surface area contributed by atoms with Gasteiger partial charge >= 0.3 is 0 Å². The fourth-order valence-corrected chi connectivity index (χ4v) is 3.05. The minimum Gasteiger partial charge on any atom is -0.343 e. The summed E-state index contributed by atoms with van der Waals surface area (Å²) in [6.45, 7) is 4.36. The van der Waals surface area contributed by atoms with Crippen LogP contribution in [0.25, 0.3) is 21.8 Å². The highest BCUT2D eigenvalue weighted by Gasteiger charge is 2.12. The molecule has 17 heavy (non-hydrogen) atoms. The van der Waals surface area contributed by atoms with E-state index in [4.69, 9.17) is 0 Å². The van der Waals surface area contributed by atoms with Crippen LogP contribution in [0.2, 0.25) is 0 Å². The quantitative estimate of drug-likeness (QED) is 0.564. The molecule has 0 amide bonds. The molecule has 0 saturated heterocycles. The van der Waals surface area contributed by atoms with E-state index >= 15 is 0 Å². The molecule has 0 spiro atoms. The Morgan fingerprint density at radius 1 is 1.00 bits per heavy atom. The third kappa shape index (κ3) is 1.44. The van der Waals surface area contributed by atoms with Crippen molar-refractivity contribution in [2.75, 3.05) is 0 Å². The van der Waals surface area contributed by atoms with Crippen molar-refractivity contribution in [2.45, 2.75) is 13.8 Å². The molecule has 0 aliphatic carbocycles. The minimum atomic E-state index is 1.14. The van der Waals surface area contributed by atoms with Crippen LogP contribution in [-0.4, -0.2) is 4.57 Å². The molecule has 1 aromatic heterocycles. The molecule has 0 unspecified atom stereocenters. The second-order valence-corrected chi connectivity index (χ2v) is 5.56. The zero-order valence-electron chi connectivity index (χ0n) is 10.2. The van der Waals surface area contributed by atoms with Gasteiger partial charge in [0.15, 0.2) is 0 Å². The minimum absolute atomic E-state index is 1.14. The first-order valence-corrected chi connectivity index (χ1v) is 6.53. The summed E-state index contributed by atoms with van der Waals surface area (Å²) in [5.74, 6) is 0. The Morgan fingerprint density at radius 3 is 2.47 bits per heavy atom. The fourth-order valence-electron chi connectivity index (χ4n) is 2.69. The van der Waals surface area contributed by atoms with Crippen molar-refractivity contribution in [3.05, 3.63) is 45.9 Å². The van der Waals surface area contributed by atoms with Crippen LogP contribution >= 0.6 is 15.9 Å². The predicted octanol–water partition coefficient (Wildman–Crippen LogP) is 4.71. The van der Waals surface area contributed by atoms with E-state index < -0.39 is 0 Å². The molecule has 0 saturated carbocycles. The van der Waals surface area contributed by atoms with Crippen molar-refractivity contribution in [2.24, 2.45) is 7.05 Å². The smallest absolute Gasteiger partial charge is 0.0521 e. The Labute approximate surface area is 109 Å². The summed E-state index contributed by atoms with van der Waals surface area (Å²) in [7, 11) is 2.14. The number of halogens is 1. The van der Waals surface area contributed by atoms with E-state index in [0.29, 0.717) is 0 Å². The van der Waals surface area contributed by atoms with Gasteiger partial charge in [-0.25, -0.2) is 0 Å². The summed E-state index contributed by atoms with van der Waals surface area (Å²) in [5, 5.41) is 2.71. The second kappa shape index (κ2) is 3.61. The third-order valence-corrected chi connectivity index (χ3v) is 4.01. The Balaban J connectivity index is 2.69. The molecular weight excluding hydrogens is 274 g/mol. The molecule has 86 valence electrons. The Hall–Kier alpha value is -1.28. The van der Waals surface area contributed by atoms with Crippen molar-refractivity contribution >= 4 is 37.7 Å². The molecule has 0 radical (unpaired) electrons. The van der Waals surface area contributed by atoms with E-state index in [1.54, 1.807) is 0 Å². The highest BCUT2D eigenvalue weighted by molar-refractivity contribution is 9.10. The highest BCUT2D eigenvalue weighted by atomic mass is 79.9. The first-order chi connectivity index (χ1) is 8.09. The zero-order valence-corrected chi connectivity index (χ0v) is 11.8. The summed E-state index contributed by atoms with van der Waals surface area (Å²) in [6.07, 6.45) is 0. The van der Waals surface area contributed by atoms with Crippen molar-refractivity contribution < 1.29 is 0 Å². The molecule has 2 aromatic carbocycles. The molecule has 0 N–H and O–H groups in total. The first kappa shape index (κ1) is 10.8. The number of hydrogen-bond donors (Lipinski definition) is 0. The van der Waals surface area contributed by atoms with Gasteiger partial charge in [0.25, 0.3) is 0 Å². The van der Waals surface area contributed by atoms with Crippen LogP contribution < -0.4 is 0 Å². The molecule has 0 fully saturated rings. The van der Waals surface area contributed by atoms with E-state index in [1.807, 2.05) is 0 Å². The second-order valence-electron chi connectivity index (χ2n) is 4.64. The number of aryl methyl sites for hydroxylation is 3. The van der Waals surface area contributed by atoms with Gasteiger partial charge in [-0.15, -0.1) is 0 Å². The lowest BCUT2D eigenvalue weighted by atomic mass is 10.0. The molecule has 2 heteroatoms. The van der Waals surface area contributed by atoms with Gasteiger partial charge in [0.1, 0.15) is 0 Å². The van der Waals surface area contributed by atoms with Crippen LogP contribution in [0.3, 0.4) is 0 Å². The average molecular weight is 288 g/mol. The van der Waals surface area contributed by atoms with Gasteiger partial charge in [-0.2, -0.15) is 0 Å². The number of rotatable bonds is 0. The average Bonchev–Trinajstić information content (AvgIpc) is 2.58. The summed E-state index contributed by atoms with van der Waals surface area (Å²) in [6, 6.07) is 10.9. The maximum absolute atomic E-state index is 3.56. The summed E-state index contributed by atoms with van der Waals surface area (Å²) in [5.41, 5.74) is 5.31. The number of fused-ring (bicyclic) bond motifs is 3. The van der Waals surface area contributed by atoms with Crippen molar-refractivity contribution in [1.29, 1.82) is 0 Å². The normalized spacial score (nSPS) is 11.5. The molecule has 1 nitrogen and oxygen atoms in total. The first-order valence-electron chi connectivity index (χ1n) is 5.73. The lowest BCUT2D eigenvalue weighted by molar-refractivity contribution is 1.01. The van der Waals surface area contributed by atoms with Crippen molar-refractivity contribution in [3.8, 4) is 0 Å². The SMILES string of the molecule is Cc1ccc(C)c2c1c1cc(Br)ccc1n2C. The monoisotopic (exact) mass is 287 g/mol. The molecule has 3 aromatic rings. The van der Waals surface area contributed by atoms with Gasteiger partial charge in [0, 0.05) is 27.8 Å². The maximum atomic E-state index is 3.56. The molecular formula is C15H14BrN. The van der Waals surface area contributed by atoms with Crippen LogP contribution in [0.5, 0.6) is 0 Å². The fraction of sp³-hybridized carbons (Fsp3) is 0.200. The lowest BCUT2D eigenvalue weighted by Gasteiger charge is -2.03. The van der Waals surface area contributed by atoms with Crippen molar-refractivity contribution in [3.63, 3.8) is 0 Å². The Kier molecular flexibility index (Phi) is 2.30. The van der Waals surface area contributed by atoms with Gasteiger partial charge in [0.2, 0.25) is 0 Å². The summed E-state index contributed by atoms with van der Waals surface area (Å²) >= 11 is 3.56. The third-order valence-electron chi connectivity index (χ3n) is 3.51. The molecule has 0 bridgehead atoms. The molecule has 0 aliphatic heterocycles. The van der Waals surface area contributed by atoms with Crippen LogP contribution in [0.15, 0.2) is 34.8 Å². The van der Waals surface area contributed by atoms with Crippen LogP contribution in [-0.2, 0) is 7.05 Å². The number of aromatic nitrogens is 1. The molecule has 1 heterocycles. The van der Waals surface area contributed by atoms with E-state index in [1.165, 1.54) is 32.9 Å². The number of benzene rings is 2. The van der Waals surface area contributed by atoms with Gasteiger partial charge in [-0.1, -0.05) is 28.1 Å². The summed E-state index contributed by atoms with van der Waals surface area (Å²) < 4.78 is 3.43. The number of nitrogens with zero attached hydrogens (tertiary/aromatic N) is 1. The van der Waals surface area contributed by atoms with E-state index in [-0.39, 0.29) is 0 Å². The molecule has 3 rings (SSSR count). The van der Waals surface area contributed by atoms with Gasteiger partial charge in [0.05, 0.1) is 5.52 Å².